The van der Waals surface area contributed by atoms with Crippen LogP contribution in [-0.4, -0.2) is 17.0 Å². The van der Waals surface area contributed by atoms with Gasteiger partial charge in [-0.3, -0.25) is 4.98 Å². The number of nitrogens with zero attached hydrogens (tertiary/aromatic N) is 2. The maximum atomic E-state index is 12.7. The lowest BCUT2D eigenvalue weighted by Gasteiger charge is -2.05. The van der Waals surface area contributed by atoms with Gasteiger partial charge in [0.15, 0.2) is 0 Å². The molecule has 1 N–H and O–H groups in total. The number of benzene rings is 1. The SMILES string of the molecule is CNCc1cncc(Oc2ccc(F)cc2)n1. The van der Waals surface area contributed by atoms with Gasteiger partial charge in [0.2, 0.25) is 5.88 Å². The van der Waals surface area contributed by atoms with Crippen molar-refractivity contribution in [2.24, 2.45) is 0 Å². The number of nitrogens with one attached hydrogen (secondary N) is 1. The zero-order chi connectivity index (χ0) is 12.1. The van der Waals surface area contributed by atoms with Crippen LogP contribution in [-0.2, 0) is 6.54 Å². The molecule has 0 aliphatic heterocycles. The molecule has 2 rings (SSSR count). The third-order valence-corrected chi connectivity index (χ3v) is 2.06. The van der Waals surface area contributed by atoms with Crippen LogP contribution in [0.25, 0.3) is 0 Å². The third kappa shape index (κ3) is 3.22. The van der Waals surface area contributed by atoms with Crippen molar-refractivity contribution in [3.8, 4) is 11.6 Å². The molecule has 0 bridgehead atoms. The fourth-order valence-corrected chi connectivity index (χ4v) is 1.33. The van der Waals surface area contributed by atoms with Crippen LogP contribution in [0.3, 0.4) is 0 Å². The molecule has 0 saturated carbocycles. The minimum atomic E-state index is -0.299. The number of ether oxygens (including phenoxy) is 1. The fourth-order valence-electron chi connectivity index (χ4n) is 1.33. The third-order valence-electron chi connectivity index (χ3n) is 2.06. The van der Waals surface area contributed by atoms with Gasteiger partial charge in [0.05, 0.1) is 11.9 Å². The molecule has 1 heterocycles. The molecular weight excluding hydrogens is 221 g/mol. The molecule has 0 fully saturated rings. The first-order valence-corrected chi connectivity index (χ1v) is 5.17. The van der Waals surface area contributed by atoms with Crippen molar-refractivity contribution in [3.05, 3.63) is 48.2 Å². The van der Waals surface area contributed by atoms with E-state index in [1.54, 1.807) is 18.3 Å². The van der Waals surface area contributed by atoms with E-state index in [2.05, 4.69) is 15.3 Å². The Balaban J connectivity index is 2.12. The van der Waals surface area contributed by atoms with E-state index in [1.807, 2.05) is 7.05 Å². The molecule has 4 nitrogen and oxygen atoms in total. The van der Waals surface area contributed by atoms with Crippen molar-refractivity contribution in [3.63, 3.8) is 0 Å². The van der Waals surface area contributed by atoms with Gasteiger partial charge >= 0.3 is 0 Å². The summed E-state index contributed by atoms with van der Waals surface area (Å²) >= 11 is 0. The summed E-state index contributed by atoms with van der Waals surface area (Å²) in [6.07, 6.45) is 3.18. The summed E-state index contributed by atoms with van der Waals surface area (Å²) in [4.78, 5) is 8.25. The second-order valence-corrected chi connectivity index (χ2v) is 3.43. The molecule has 1 aromatic heterocycles. The smallest absolute Gasteiger partial charge is 0.238 e. The summed E-state index contributed by atoms with van der Waals surface area (Å²) < 4.78 is 18.2. The molecule has 17 heavy (non-hydrogen) atoms. The highest BCUT2D eigenvalue weighted by Gasteiger charge is 2.01. The first-order chi connectivity index (χ1) is 8.28. The van der Waals surface area contributed by atoms with Crippen molar-refractivity contribution in [2.45, 2.75) is 6.54 Å². The van der Waals surface area contributed by atoms with Crippen molar-refractivity contribution >= 4 is 0 Å². The van der Waals surface area contributed by atoms with Gasteiger partial charge in [-0.25, -0.2) is 9.37 Å². The maximum Gasteiger partial charge on any atom is 0.238 e. The monoisotopic (exact) mass is 233 g/mol. The first kappa shape index (κ1) is 11.5. The largest absolute Gasteiger partial charge is 0.437 e. The van der Waals surface area contributed by atoms with Gasteiger partial charge in [0.1, 0.15) is 11.6 Å². The van der Waals surface area contributed by atoms with Crippen LogP contribution in [0.2, 0.25) is 0 Å². The number of hydrogen-bond donors (Lipinski definition) is 1. The minimum absolute atomic E-state index is 0.299. The molecule has 0 aliphatic rings. The predicted molar refractivity (Wildman–Crippen MR) is 61.3 cm³/mol. The zero-order valence-corrected chi connectivity index (χ0v) is 9.35. The number of hydrogen-bond acceptors (Lipinski definition) is 4. The van der Waals surface area contributed by atoms with E-state index in [4.69, 9.17) is 4.74 Å². The lowest BCUT2D eigenvalue weighted by Crippen LogP contribution is -2.07. The van der Waals surface area contributed by atoms with Gasteiger partial charge in [-0.2, -0.15) is 0 Å². The summed E-state index contributed by atoms with van der Waals surface area (Å²) in [5, 5.41) is 2.97. The molecule has 0 saturated heterocycles. The van der Waals surface area contributed by atoms with Gasteiger partial charge in [0.25, 0.3) is 0 Å². The van der Waals surface area contributed by atoms with Crippen LogP contribution in [0.1, 0.15) is 5.69 Å². The highest BCUT2D eigenvalue weighted by molar-refractivity contribution is 5.26. The van der Waals surface area contributed by atoms with Crippen LogP contribution in [0, 0.1) is 5.82 Å². The maximum absolute atomic E-state index is 12.7. The summed E-state index contributed by atoms with van der Waals surface area (Å²) in [5.74, 6) is 0.624. The second kappa shape index (κ2) is 5.36. The first-order valence-electron chi connectivity index (χ1n) is 5.17. The lowest BCUT2D eigenvalue weighted by atomic mass is 10.3. The van der Waals surface area contributed by atoms with Crippen LogP contribution in [0.15, 0.2) is 36.7 Å². The molecule has 0 radical (unpaired) electrons. The van der Waals surface area contributed by atoms with Crippen LogP contribution >= 0.6 is 0 Å². The van der Waals surface area contributed by atoms with Crippen molar-refractivity contribution in [1.82, 2.24) is 15.3 Å². The van der Waals surface area contributed by atoms with Crippen molar-refractivity contribution in [1.29, 1.82) is 0 Å². The normalized spacial score (nSPS) is 10.2. The van der Waals surface area contributed by atoms with E-state index in [0.717, 1.165) is 5.69 Å². The number of aromatic nitrogens is 2. The molecule has 5 heteroatoms. The topological polar surface area (TPSA) is 47.0 Å². The minimum Gasteiger partial charge on any atom is -0.437 e. The number of halogens is 1. The average Bonchev–Trinajstić information content (AvgIpc) is 2.33. The Hall–Kier alpha value is -2.01. The van der Waals surface area contributed by atoms with Gasteiger partial charge in [0, 0.05) is 12.7 Å². The quantitative estimate of drug-likeness (QED) is 0.878. The molecule has 88 valence electrons. The Bertz CT molecular complexity index is 487. The van der Waals surface area contributed by atoms with Gasteiger partial charge < -0.3 is 10.1 Å². The Morgan fingerprint density at radius 3 is 2.71 bits per heavy atom. The highest BCUT2D eigenvalue weighted by atomic mass is 19.1. The van der Waals surface area contributed by atoms with E-state index in [-0.39, 0.29) is 5.82 Å². The van der Waals surface area contributed by atoms with Crippen molar-refractivity contribution < 1.29 is 9.13 Å². The van der Waals surface area contributed by atoms with Crippen molar-refractivity contribution in [2.75, 3.05) is 7.05 Å². The summed E-state index contributed by atoms with van der Waals surface area (Å²) in [7, 11) is 1.83. The molecule has 0 amide bonds. The van der Waals surface area contributed by atoms with E-state index < -0.39 is 0 Å². The summed E-state index contributed by atoms with van der Waals surface area (Å²) in [6, 6.07) is 5.75. The predicted octanol–water partition coefficient (Wildman–Crippen LogP) is 2.13. The van der Waals surface area contributed by atoms with E-state index in [0.29, 0.717) is 18.2 Å². The fraction of sp³-hybridized carbons (Fsp3) is 0.167. The van der Waals surface area contributed by atoms with Crippen LogP contribution < -0.4 is 10.1 Å². The zero-order valence-electron chi connectivity index (χ0n) is 9.35. The average molecular weight is 233 g/mol. The van der Waals surface area contributed by atoms with E-state index in [9.17, 15) is 4.39 Å². The van der Waals surface area contributed by atoms with Crippen LogP contribution in [0.5, 0.6) is 11.6 Å². The Labute approximate surface area is 98.5 Å². The lowest BCUT2D eigenvalue weighted by molar-refractivity contribution is 0.455. The summed E-state index contributed by atoms with van der Waals surface area (Å²) in [6.45, 7) is 0.619. The Morgan fingerprint density at radius 1 is 1.24 bits per heavy atom. The standard InChI is InChI=1S/C12H12FN3O/c1-14-6-10-7-15-8-12(16-10)17-11-4-2-9(13)3-5-11/h2-5,7-8,14H,6H2,1H3. The Morgan fingerprint density at radius 2 is 2.00 bits per heavy atom. The molecule has 2 aromatic rings. The molecule has 0 unspecified atom stereocenters. The summed E-state index contributed by atoms with van der Waals surface area (Å²) in [5.41, 5.74) is 0.784. The van der Waals surface area contributed by atoms with E-state index >= 15 is 0 Å². The molecule has 0 spiro atoms. The molecule has 0 atom stereocenters. The van der Waals surface area contributed by atoms with Crippen LogP contribution in [0.4, 0.5) is 4.39 Å². The van der Waals surface area contributed by atoms with Gasteiger partial charge in [-0.05, 0) is 31.3 Å². The Kier molecular flexibility index (Phi) is 3.62. The molecule has 1 aromatic carbocycles. The molecule has 0 aliphatic carbocycles. The van der Waals surface area contributed by atoms with E-state index in [1.165, 1.54) is 18.3 Å². The van der Waals surface area contributed by atoms with Gasteiger partial charge in [-0.1, -0.05) is 0 Å². The second-order valence-electron chi connectivity index (χ2n) is 3.43. The molecular formula is C12H12FN3O. The highest BCUT2D eigenvalue weighted by Crippen LogP contribution is 2.18. The number of rotatable bonds is 4. The van der Waals surface area contributed by atoms with Gasteiger partial charge in [-0.15, -0.1) is 0 Å².